The van der Waals surface area contributed by atoms with Gasteiger partial charge in [-0.05, 0) is 30.7 Å². The lowest BCUT2D eigenvalue weighted by atomic mass is 9.98. The Labute approximate surface area is 122 Å². The number of nitrogens with one attached hydrogen (secondary N) is 1. The first kappa shape index (κ1) is 14.9. The molecular formula is C17H26N2O. The van der Waals surface area contributed by atoms with Crippen LogP contribution in [0.25, 0.3) is 0 Å². The first-order valence-corrected chi connectivity index (χ1v) is 7.85. The number of hydrogen-bond acceptors (Lipinski definition) is 1. The van der Waals surface area contributed by atoms with Gasteiger partial charge in [-0.1, -0.05) is 50.1 Å². The molecule has 1 unspecified atom stereocenters. The molecule has 0 aromatic heterocycles. The van der Waals surface area contributed by atoms with Crippen molar-refractivity contribution in [1.82, 2.24) is 10.2 Å². The number of amides is 2. The van der Waals surface area contributed by atoms with Gasteiger partial charge in [-0.3, -0.25) is 0 Å². The fourth-order valence-electron chi connectivity index (χ4n) is 2.73. The second kappa shape index (κ2) is 7.93. The molecule has 0 radical (unpaired) electrons. The first-order chi connectivity index (χ1) is 9.77. The molecule has 1 fully saturated rings. The molecule has 0 bridgehead atoms. The van der Waals surface area contributed by atoms with Crippen molar-refractivity contribution >= 4 is 6.03 Å². The van der Waals surface area contributed by atoms with Crippen molar-refractivity contribution in [3.05, 3.63) is 35.9 Å². The van der Waals surface area contributed by atoms with Crippen LogP contribution in [0.1, 0.15) is 50.5 Å². The maximum atomic E-state index is 12.1. The average molecular weight is 274 g/mol. The summed E-state index contributed by atoms with van der Waals surface area (Å²) in [6, 6.07) is 10.6. The zero-order chi connectivity index (χ0) is 14.2. The molecule has 1 N–H and O–H groups in total. The van der Waals surface area contributed by atoms with E-state index in [1.54, 1.807) is 0 Å². The third-order valence-corrected chi connectivity index (χ3v) is 4.12. The Morgan fingerprint density at radius 3 is 2.45 bits per heavy atom. The molecule has 1 aromatic rings. The quantitative estimate of drug-likeness (QED) is 0.890. The summed E-state index contributed by atoms with van der Waals surface area (Å²) in [5.74, 6) is 0.487. The van der Waals surface area contributed by atoms with Crippen LogP contribution in [0.15, 0.2) is 30.3 Å². The van der Waals surface area contributed by atoms with Crippen molar-refractivity contribution < 1.29 is 4.79 Å². The lowest BCUT2D eigenvalue weighted by Gasteiger charge is -2.21. The van der Waals surface area contributed by atoms with Crippen molar-refractivity contribution in [3.8, 4) is 0 Å². The fourth-order valence-corrected chi connectivity index (χ4v) is 2.73. The van der Waals surface area contributed by atoms with Crippen molar-refractivity contribution in [2.45, 2.75) is 44.9 Å². The number of carbonyl (C=O) groups is 1. The predicted octanol–water partition coefficient (Wildman–Crippen LogP) is 3.77. The van der Waals surface area contributed by atoms with E-state index in [1.165, 1.54) is 18.4 Å². The molecule has 0 saturated carbocycles. The monoisotopic (exact) mass is 274 g/mol. The van der Waals surface area contributed by atoms with Crippen molar-refractivity contribution in [2.75, 3.05) is 19.6 Å². The van der Waals surface area contributed by atoms with E-state index in [4.69, 9.17) is 0 Å². The van der Waals surface area contributed by atoms with Gasteiger partial charge >= 0.3 is 6.03 Å². The first-order valence-electron chi connectivity index (χ1n) is 7.85. The van der Waals surface area contributed by atoms with Crippen LogP contribution >= 0.6 is 0 Å². The Kier molecular flexibility index (Phi) is 5.90. The van der Waals surface area contributed by atoms with Crippen molar-refractivity contribution in [2.24, 2.45) is 0 Å². The Hall–Kier alpha value is -1.51. The molecule has 2 amide bonds. The Morgan fingerprint density at radius 2 is 1.80 bits per heavy atom. The van der Waals surface area contributed by atoms with Crippen LogP contribution in [-0.2, 0) is 0 Å². The van der Waals surface area contributed by atoms with Gasteiger partial charge < -0.3 is 10.2 Å². The van der Waals surface area contributed by atoms with E-state index in [1.807, 2.05) is 11.0 Å². The zero-order valence-corrected chi connectivity index (χ0v) is 12.5. The smallest absolute Gasteiger partial charge is 0.317 e. The molecular weight excluding hydrogens is 248 g/mol. The molecule has 2 rings (SSSR count). The van der Waals surface area contributed by atoms with E-state index in [2.05, 4.69) is 36.5 Å². The molecule has 0 spiro atoms. The molecule has 3 nitrogen and oxygen atoms in total. The van der Waals surface area contributed by atoms with Gasteiger partial charge in [0.15, 0.2) is 0 Å². The summed E-state index contributed by atoms with van der Waals surface area (Å²) >= 11 is 0. The van der Waals surface area contributed by atoms with Gasteiger partial charge in [0.25, 0.3) is 0 Å². The molecule has 1 aliphatic rings. The number of urea groups is 1. The number of carbonyl (C=O) groups excluding carboxylic acids is 1. The minimum Gasteiger partial charge on any atom is -0.338 e. The molecule has 3 heteroatoms. The molecule has 0 aliphatic carbocycles. The summed E-state index contributed by atoms with van der Waals surface area (Å²) < 4.78 is 0. The number of likely N-dealkylation sites (tertiary alicyclic amines) is 1. The fraction of sp³-hybridized carbons (Fsp3) is 0.588. The largest absolute Gasteiger partial charge is 0.338 e. The summed E-state index contributed by atoms with van der Waals surface area (Å²) in [6.07, 6.45) is 5.80. The predicted molar refractivity (Wildman–Crippen MR) is 82.9 cm³/mol. The van der Waals surface area contributed by atoms with Crippen LogP contribution in [-0.4, -0.2) is 30.6 Å². The number of hydrogen-bond donors (Lipinski definition) is 1. The minimum atomic E-state index is 0.118. The van der Waals surface area contributed by atoms with Gasteiger partial charge in [-0.25, -0.2) is 4.79 Å². The van der Waals surface area contributed by atoms with Gasteiger partial charge in [-0.2, -0.15) is 0 Å². The van der Waals surface area contributed by atoms with E-state index in [-0.39, 0.29) is 6.03 Å². The van der Waals surface area contributed by atoms with Crippen molar-refractivity contribution in [3.63, 3.8) is 0 Å². The molecule has 1 aliphatic heterocycles. The highest BCUT2D eigenvalue weighted by Crippen LogP contribution is 2.17. The average Bonchev–Trinajstić information content (AvgIpc) is 2.77. The van der Waals surface area contributed by atoms with Crippen LogP contribution in [0.4, 0.5) is 4.79 Å². The van der Waals surface area contributed by atoms with Crippen LogP contribution in [0.2, 0.25) is 0 Å². The normalized spacial score (nSPS) is 17.4. The van der Waals surface area contributed by atoms with Gasteiger partial charge in [-0.15, -0.1) is 0 Å². The van der Waals surface area contributed by atoms with Crippen LogP contribution < -0.4 is 5.32 Å². The highest BCUT2D eigenvalue weighted by molar-refractivity contribution is 5.74. The van der Waals surface area contributed by atoms with Gasteiger partial charge in [0, 0.05) is 19.6 Å². The minimum absolute atomic E-state index is 0.118. The zero-order valence-electron chi connectivity index (χ0n) is 12.5. The summed E-state index contributed by atoms with van der Waals surface area (Å²) in [6.45, 7) is 4.80. The van der Waals surface area contributed by atoms with Crippen molar-refractivity contribution in [1.29, 1.82) is 0 Å². The van der Waals surface area contributed by atoms with Gasteiger partial charge in [0.2, 0.25) is 0 Å². The van der Waals surface area contributed by atoms with Gasteiger partial charge in [0.1, 0.15) is 0 Å². The Bertz CT molecular complexity index is 397. The third-order valence-electron chi connectivity index (χ3n) is 4.12. The summed E-state index contributed by atoms with van der Waals surface area (Å²) in [5.41, 5.74) is 1.34. The topological polar surface area (TPSA) is 32.3 Å². The Morgan fingerprint density at radius 1 is 1.15 bits per heavy atom. The highest BCUT2D eigenvalue weighted by Gasteiger charge is 2.15. The third kappa shape index (κ3) is 4.55. The lowest BCUT2D eigenvalue weighted by Crippen LogP contribution is -2.41. The van der Waals surface area contributed by atoms with E-state index < -0.39 is 0 Å². The molecule has 1 heterocycles. The standard InChI is InChI=1S/C17H26N2O/c1-15(16-9-5-4-6-10-16)11-12-18-17(20)19-13-7-2-3-8-14-19/h4-6,9-10,15H,2-3,7-8,11-14H2,1H3,(H,18,20). The van der Waals surface area contributed by atoms with E-state index in [9.17, 15) is 4.79 Å². The maximum Gasteiger partial charge on any atom is 0.317 e. The number of benzene rings is 1. The number of rotatable bonds is 4. The summed E-state index contributed by atoms with van der Waals surface area (Å²) in [7, 11) is 0. The molecule has 1 saturated heterocycles. The lowest BCUT2D eigenvalue weighted by molar-refractivity contribution is 0.199. The maximum absolute atomic E-state index is 12.1. The van der Waals surface area contributed by atoms with E-state index in [0.29, 0.717) is 5.92 Å². The van der Waals surface area contributed by atoms with Crippen LogP contribution in [0.3, 0.4) is 0 Å². The molecule has 20 heavy (non-hydrogen) atoms. The molecule has 110 valence electrons. The van der Waals surface area contributed by atoms with E-state index in [0.717, 1.165) is 38.9 Å². The number of nitrogens with zero attached hydrogens (tertiary/aromatic N) is 1. The highest BCUT2D eigenvalue weighted by atomic mass is 16.2. The van der Waals surface area contributed by atoms with Crippen LogP contribution in [0.5, 0.6) is 0 Å². The summed E-state index contributed by atoms with van der Waals surface area (Å²) in [5, 5.41) is 3.07. The second-order valence-electron chi connectivity index (χ2n) is 5.73. The van der Waals surface area contributed by atoms with Gasteiger partial charge in [0.05, 0.1) is 0 Å². The summed E-state index contributed by atoms with van der Waals surface area (Å²) in [4.78, 5) is 14.1. The molecule has 1 atom stereocenters. The molecule has 1 aromatic carbocycles. The van der Waals surface area contributed by atoms with E-state index >= 15 is 0 Å². The SMILES string of the molecule is CC(CCNC(=O)N1CCCCCC1)c1ccccc1. The Balaban J connectivity index is 1.71. The van der Waals surface area contributed by atoms with Crippen LogP contribution in [0, 0.1) is 0 Å². The second-order valence-corrected chi connectivity index (χ2v) is 5.73.